The first-order valence-electron chi connectivity index (χ1n) is 6.84. The average molecular weight is 281 g/mol. The number of urea groups is 1. The molecule has 0 saturated carbocycles. The van der Waals surface area contributed by atoms with Gasteiger partial charge < -0.3 is 5.32 Å². The molecule has 1 aromatic heterocycles. The molecule has 2 aliphatic rings. The highest BCUT2D eigenvalue weighted by Gasteiger charge is 2.36. The molecule has 2 atom stereocenters. The largest absolute Gasteiger partial charge is 0.333 e. The summed E-state index contributed by atoms with van der Waals surface area (Å²) in [6, 6.07) is 0.638. The quantitative estimate of drug-likeness (QED) is 0.864. The smallest absolute Gasteiger partial charge is 0.321 e. The van der Waals surface area contributed by atoms with Crippen molar-refractivity contribution in [1.29, 1.82) is 0 Å². The molecule has 0 spiro atoms. The topological polar surface area (TPSA) is 70.1 Å². The van der Waals surface area contributed by atoms with Gasteiger partial charge >= 0.3 is 6.03 Å². The van der Waals surface area contributed by atoms with Crippen LogP contribution in [0.5, 0.6) is 0 Å². The second kappa shape index (κ2) is 5.42. The molecular weight excluding hydrogens is 262 g/mol. The minimum absolute atomic E-state index is 0.159. The van der Waals surface area contributed by atoms with Crippen molar-refractivity contribution in [2.45, 2.75) is 44.7 Å². The molecule has 1 aromatic rings. The number of anilines is 1. The van der Waals surface area contributed by atoms with E-state index in [9.17, 15) is 4.79 Å². The number of aryl methyl sites for hydroxylation is 1. The van der Waals surface area contributed by atoms with Crippen LogP contribution < -0.4 is 10.6 Å². The van der Waals surface area contributed by atoms with Crippen molar-refractivity contribution in [2.75, 3.05) is 18.4 Å². The number of rotatable bonds is 2. The molecule has 104 valence electrons. The van der Waals surface area contributed by atoms with Crippen LogP contribution in [-0.4, -0.2) is 46.3 Å². The van der Waals surface area contributed by atoms with Gasteiger partial charge in [-0.15, -0.1) is 10.2 Å². The lowest BCUT2D eigenvalue weighted by atomic mass is 9.99. The number of amides is 2. The summed E-state index contributed by atoms with van der Waals surface area (Å²) in [5.74, 6) is 0. The molecule has 0 aromatic carbocycles. The van der Waals surface area contributed by atoms with Gasteiger partial charge in [-0.2, -0.15) is 0 Å². The highest BCUT2D eigenvalue weighted by atomic mass is 32.1. The Morgan fingerprint density at radius 3 is 3.00 bits per heavy atom. The highest BCUT2D eigenvalue weighted by Crippen LogP contribution is 2.27. The molecule has 19 heavy (non-hydrogen) atoms. The van der Waals surface area contributed by atoms with E-state index in [0.717, 1.165) is 18.0 Å². The Morgan fingerprint density at radius 2 is 2.21 bits per heavy atom. The predicted molar refractivity (Wildman–Crippen MR) is 74.4 cm³/mol. The van der Waals surface area contributed by atoms with Crippen molar-refractivity contribution < 1.29 is 4.79 Å². The van der Waals surface area contributed by atoms with E-state index < -0.39 is 0 Å². The zero-order chi connectivity index (χ0) is 13.2. The molecule has 2 N–H and O–H groups in total. The van der Waals surface area contributed by atoms with Crippen molar-refractivity contribution in [3.8, 4) is 0 Å². The van der Waals surface area contributed by atoms with E-state index >= 15 is 0 Å². The second-order valence-corrected chi connectivity index (χ2v) is 6.40. The monoisotopic (exact) mass is 281 g/mol. The predicted octanol–water partition coefficient (Wildman–Crippen LogP) is 1.59. The molecule has 2 aliphatic heterocycles. The zero-order valence-corrected chi connectivity index (χ0v) is 11.9. The van der Waals surface area contributed by atoms with Gasteiger partial charge in [-0.3, -0.25) is 10.2 Å². The number of aromatic nitrogens is 2. The van der Waals surface area contributed by atoms with Gasteiger partial charge in [-0.25, -0.2) is 4.79 Å². The third-order valence-electron chi connectivity index (χ3n) is 3.92. The number of hydrogen-bond donors (Lipinski definition) is 2. The summed E-state index contributed by atoms with van der Waals surface area (Å²) >= 11 is 1.39. The van der Waals surface area contributed by atoms with E-state index in [1.165, 1.54) is 37.1 Å². The molecule has 6 nitrogen and oxygen atoms in total. The minimum Gasteiger partial charge on any atom is -0.333 e. The Labute approximate surface area is 116 Å². The van der Waals surface area contributed by atoms with Crippen LogP contribution in [0, 0.1) is 6.92 Å². The maximum atomic E-state index is 12.0. The molecule has 2 saturated heterocycles. The SMILES string of the molecule is Cc1nnc(NC(=O)N[C@@H]2CCN3CCCC[C@H]23)s1. The summed E-state index contributed by atoms with van der Waals surface area (Å²) in [5, 5.41) is 15.0. The van der Waals surface area contributed by atoms with Crippen molar-refractivity contribution >= 4 is 22.5 Å². The third-order valence-corrected chi connectivity index (χ3v) is 4.67. The first kappa shape index (κ1) is 12.8. The number of fused-ring (bicyclic) bond motifs is 1. The fraction of sp³-hybridized carbons (Fsp3) is 0.750. The Morgan fingerprint density at radius 1 is 1.32 bits per heavy atom. The van der Waals surface area contributed by atoms with Gasteiger partial charge in [-0.1, -0.05) is 17.8 Å². The van der Waals surface area contributed by atoms with Crippen LogP contribution in [0.1, 0.15) is 30.7 Å². The number of carbonyl (C=O) groups is 1. The van der Waals surface area contributed by atoms with E-state index in [4.69, 9.17) is 0 Å². The van der Waals surface area contributed by atoms with Crippen LogP contribution in [-0.2, 0) is 0 Å². The van der Waals surface area contributed by atoms with E-state index in [0.29, 0.717) is 11.2 Å². The molecule has 3 rings (SSSR count). The van der Waals surface area contributed by atoms with E-state index in [2.05, 4.69) is 25.7 Å². The fourth-order valence-electron chi connectivity index (χ4n) is 3.06. The van der Waals surface area contributed by atoms with Gasteiger partial charge in [0, 0.05) is 18.6 Å². The molecule has 0 aliphatic carbocycles. The van der Waals surface area contributed by atoms with E-state index in [-0.39, 0.29) is 12.1 Å². The summed E-state index contributed by atoms with van der Waals surface area (Å²) in [7, 11) is 0. The Kier molecular flexibility index (Phi) is 3.65. The first-order valence-corrected chi connectivity index (χ1v) is 7.66. The number of piperidine rings is 1. The normalized spacial score (nSPS) is 27.0. The van der Waals surface area contributed by atoms with Crippen LogP contribution in [0.2, 0.25) is 0 Å². The summed E-state index contributed by atoms with van der Waals surface area (Å²) in [4.78, 5) is 14.5. The van der Waals surface area contributed by atoms with Gasteiger partial charge in [0.15, 0.2) is 0 Å². The molecule has 2 amide bonds. The van der Waals surface area contributed by atoms with Crippen molar-refractivity contribution in [1.82, 2.24) is 20.4 Å². The van der Waals surface area contributed by atoms with Crippen LogP contribution in [0.25, 0.3) is 0 Å². The van der Waals surface area contributed by atoms with Crippen LogP contribution in [0.3, 0.4) is 0 Å². The molecular formula is C12H19N5OS. The van der Waals surface area contributed by atoms with Crippen molar-refractivity contribution in [3.05, 3.63) is 5.01 Å². The van der Waals surface area contributed by atoms with Crippen LogP contribution >= 0.6 is 11.3 Å². The maximum absolute atomic E-state index is 12.0. The molecule has 2 fully saturated rings. The van der Waals surface area contributed by atoms with E-state index in [1.54, 1.807) is 0 Å². The lowest BCUT2D eigenvalue weighted by molar-refractivity contribution is 0.180. The average Bonchev–Trinajstić information content (AvgIpc) is 2.97. The highest BCUT2D eigenvalue weighted by molar-refractivity contribution is 7.15. The number of nitrogens with zero attached hydrogens (tertiary/aromatic N) is 3. The molecule has 3 heterocycles. The van der Waals surface area contributed by atoms with Gasteiger partial charge in [0.1, 0.15) is 5.01 Å². The summed E-state index contributed by atoms with van der Waals surface area (Å²) in [6.07, 6.45) is 4.81. The molecule has 0 unspecified atom stereocenters. The summed E-state index contributed by atoms with van der Waals surface area (Å²) in [5.41, 5.74) is 0. The minimum atomic E-state index is -0.159. The van der Waals surface area contributed by atoms with Gasteiger partial charge in [0.2, 0.25) is 5.13 Å². The first-order chi connectivity index (χ1) is 9.22. The Hall–Kier alpha value is -1.21. The standard InChI is InChI=1S/C12H19N5OS/c1-8-15-16-12(19-8)14-11(18)13-9-5-7-17-6-3-2-4-10(9)17/h9-10H,2-7H2,1H3,(H2,13,14,16,18)/t9-,10-/m1/s1. The lowest BCUT2D eigenvalue weighted by Crippen LogP contribution is -2.47. The van der Waals surface area contributed by atoms with Crippen molar-refractivity contribution in [3.63, 3.8) is 0 Å². The Balaban J connectivity index is 1.54. The Bertz CT molecular complexity index is 463. The summed E-state index contributed by atoms with van der Waals surface area (Å²) < 4.78 is 0. The maximum Gasteiger partial charge on any atom is 0.321 e. The summed E-state index contributed by atoms with van der Waals surface area (Å²) in [6.45, 7) is 4.16. The fourth-order valence-corrected chi connectivity index (χ4v) is 3.65. The van der Waals surface area contributed by atoms with Gasteiger partial charge in [0.25, 0.3) is 0 Å². The molecule has 0 radical (unpaired) electrons. The van der Waals surface area contributed by atoms with Crippen LogP contribution in [0.4, 0.5) is 9.93 Å². The number of carbonyl (C=O) groups excluding carboxylic acids is 1. The molecule has 0 bridgehead atoms. The number of hydrogen-bond acceptors (Lipinski definition) is 5. The third kappa shape index (κ3) is 2.87. The second-order valence-electron chi connectivity index (χ2n) is 5.22. The van der Waals surface area contributed by atoms with Gasteiger partial charge in [0.05, 0.1) is 0 Å². The lowest BCUT2D eigenvalue weighted by Gasteiger charge is -2.32. The van der Waals surface area contributed by atoms with Crippen LogP contribution in [0.15, 0.2) is 0 Å². The zero-order valence-electron chi connectivity index (χ0n) is 11.1. The van der Waals surface area contributed by atoms with Gasteiger partial charge in [-0.05, 0) is 32.7 Å². The van der Waals surface area contributed by atoms with Crippen molar-refractivity contribution in [2.24, 2.45) is 0 Å². The number of nitrogens with one attached hydrogen (secondary N) is 2. The molecule has 7 heteroatoms. The van der Waals surface area contributed by atoms with E-state index in [1.807, 2.05) is 6.92 Å².